The number of carboxylic acid groups (broad SMARTS) is 1. The molecule has 5 nitrogen and oxygen atoms in total. The largest absolute Gasteiger partial charge is 0.492 e. The molecular formula is C17H20BrNO4. The molecule has 1 saturated heterocycles. The third-order valence-electron chi connectivity index (χ3n) is 4.65. The molecule has 0 saturated carbocycles. The number of hydrogen-bond acceptors (Lipinski definition) is 3. The quantitative estimate of drug-likeness (QED) is 0.870. The topological polar surface area (TPSA) is 66.8 Å². The Bertz CT molecular complexity index is 619. The van der Waals surface area contributed by atoms with Crippen LogP contribution in [0.3, 0.4) is 0 Å². The molecule has 23 heavy (non-hydrogen) atoms. The number of nitrogens with zero attached hydrogens (tertiary/aromatic N) is 1. The maximum atomic E-state index is 12.9. The summed E-state index contributed by atoms with van der Waals surface area (Å²) in [6.07, 6.45) is 2.76. The number of carbonyl (C=O) groups is 2. The zero-order chi connectivity index (χ0) is 16.4. The summed E-state index contributed by atoms with van der Waals surface area (Å²) in [5.74, 6) is 0.151. The standard InChI is InChI=1S/C17H20BrNO4/c18-12-4-5-15-13(8-12)14(10-23-15)17(22)19-7-1-2-11(9-19)3-6-16(20)21/h4-5,8,11,14H,1-3,6-7,9-10H2,(H,20,21). The molecule has 0 aliphatic carbocycles. The summed E-state index contributed by atoms with van der Waals surface area (Å²) in [5, 5.41) is 8.83. The lowest BCUT2D eigenvalue weighted by Crippen LogP contribution is -2.42. The highest BCUT2D eigenvalue weighted by Crippen LogP contribution is 2.37. The van der Waals surface area contributed by atoms with E-state index in [1.807, 2.05) is 23.1 Å². The molecule has 3 rings (SSSR count). The first-order valence-electron chi connectivity index (χ1n) is 7.97. The number of likely N-dealkylation sites (tertiary alicyclic amines) is 1. The van der Waals surface area contributed by atoms with E-state index in [4.69, 9.17) is 9.84 Å². The number of carbonyl (C=O) groups excluding carboxylic acids is 1. The van der Waals surface area contributed by atoms with E-state index in [0.29, 0.717) is 19.6 Å². The third kappa shape index (κ3) is 3.68. The van der Waals surface area contributed by atoms with Crippen LogP contribution in [0, 0.1) is 5.92 Å². The molecule has 0 radical (unpaired) electrons. The number of rotatable bonds is 4. The maximum Gasteiger partial charge on any atom is 0.303 e. The van der Waals surface area contributed by atoms with Crippen LogP contribution in [0.2, 0.25) is 0 Å². The summed E-state index contributed by atoms with van der Waals surface area (Å²) in [5.41, 5.74) is 0.942. The summed E-state index contributed by atoms with van der Waals surface area (Å²) in [6, 6.07) is 5.75. The summed E-state index contributed by atoms with van der Waals surface area (Å²) < 4.78 is 6.58. The van der Waals surface area contributed by atoms with Gasteiger partial charge in [0.1, 0.15) is 18.3 Å². The SMILES string of the molecule is O=C(O)CCC1CCCN(C(=O)C2COc3ccc(Br)cc32)C1. The number of aliphatic carboxylic acids is 1. The molecule has 124 valence electrons. The zero-order valence-corrected chi connectivity index (χ0v) is 14.4. The van der Waals surface area contributed by atoms with E-state index in [2.05, 4.69) is 15.9 Å². The second kappa shape index (κ2) is 6.91. The Hall–Kier alpha value is -1.56. The molecule has 1 N–H and O–H groups in total. The van der Waals surface area contributed by atoms with Gasteiger partial charge in [-0.2, -0.15) is 0 Å². The van der Waals surface area contributed by atoms with Gasteiger partial charge in [-0.25, -0.2) is 0 Å². The van der Waals surface area contributed by atoms with Crippen molar-refractivity contribution in [2.75, 3.05) is 19.7 Å². The van der Waals surface area contributed by atoms with Crippen molar-refractivity contribution in [1.29, 1.82) is 0 Å². The van der Waals surface area contributed by atoms with Crippen LogP contribution in [0.5, 0.6) is 5.75 Å². The Morgan fingerprint density at radius 3 is 3.00 bits per heavy atom. The molecule has 1 aromatic carbocycles. The number of ether oxygens (including phenoxy) is 1. The molecule has 2 aliphatic heterocycles. The Labute approximate surface area is 143 Å². The molecule has 6 heteroatoms. The predicted octanol–water partition coefficient (Wildman–Crippen LogP) is 3.03. The van der Waals surface area contributed by atoms with Crippen molar-refractivity contribution in [1.82, 2.24) is 4.90 Å². The van der Waals surface area contributed by atoms with Crippen molar-refractivity contribution in [3.8, 4) is 5.75 Å². The Morgan fingerprint density at radius 2 is 2.22 bits per heavy atom. The van der Waals surface area contributed by atoms with Crippen LogP contribution in [-0.4, -0.2) is 41.6 Å². The second-order valence-corrected chi connectivity index (χ2v) is 7.19. The van der Waals surface area contributed by atoms with Gasteiger partial charge >= 0.3 is 5.97 Å². The van der Waals surface area contributed by atoms with Crippen LogP contribution in [0.25, 0.3) is 0 Å². The van der Waals surface area contributed by atoms with E-state index in [9.17, 15) is 9.59 Å². The average Bonchev–Trinajstić information content (AvgIpc) is 2.95. The van der Waals surface area contributed by atoms with Crippen LogP contribution in [0.4, 0.5) is 0 Å². The number of halogens is 1. The van der Waals surface area contributed by atoms with Crippen molar-refractivity contribution >= 4 is 27.8 Å². The molecule has 2 aliphatic rings. The van der Waals surface area contributed by atoms with E-state index in [0.717, 1.165) is 35.2 Å². The molecule has 0 spiro atoms. The van der Waals surface area contributed by atoms with Crippen LogP contribution in [0.15, 0.2) is 22.7 Å². The summed E-state index contributed by atoms with van der Waals surface area (Å²) in [4.78, 5) is 25.5. The maximum absolute atomic E-state index is 12.9. The predicted molar refractivity (Wildman–Crippen MR) is 88.6 cm³/mol. The summed E-state index contributed by atoms with van der Waals surface area (Å²) in [7, 11) is 0. The molecule has 2 atom stereocenters. The number of piperidine rings is 1. The van der Waals surface area contributed by atoms with Gasteiger partial charge in [0.25, 0.3) is 0 Å². The van der Waals surface area contributed by atoms with Gasteiger partial charge < -0.3 is 14.7 Å². The van der Waals surface area contributed by atoms with Gasteiger partial charge in [-0.3, -0.25) is 9.59 Å². The van der Waals surface area contributed by atoms with E-state index in [1.165, 1.54) is 0 Å². The fraction of sp³-hybridized carbons (Fsp3) is 0.529. The van der Waals surface area contributed by atoms with Crippen LogP contribution < -0.4 is 4.74 Å². The first-order chi connectivity index (χ1) is 11.0. The smallest absolute Gasteiger partial charge is 0.303 e. The van der Waals surface area contributed by atoms with Crippen molar-refractivity contribution in [2.45, 2.75) is 31.6 Å². The fourth-order valence-corrected chi connectivity index (χ4v) is 3.82. The Morgan fingerprint density at radius 1 is 1.39 bits per heavy atom. The van der Waals surface area contributed by atoms with Crippen molar-refractivity contribution in [3.63, 3.8) is 0 Å². The lowest BCUT2D eigenvalue weighted by atomic mass is 9.91. The highest BCUT2D eigenvalue weighted by Gasteiger charge is 2.35. The lowest BCUT2D eigenvalue weighted by molar-refractivity contribution is -0.137. The van der Waals surface area contributed by atoms with Gasteiger partial charge in [0, 0.05) is 29.5 Å². The third-order valence-corrected chi connectivity index (χ3v) is 5.14. The fourth-order valence-electron chi connectivity index (χ4n) is 3.44. The number of benzene rings is 1. The number of amides is 1. The highest BCUT2D eigenvalue weighted by molar-refractivity contribution is 9.10. The normalized spacial score (nSPS) is 23.3. The molecule has 0 bridgehead atoms. The van der Waals surface area contributed by atoms with Gasteiger partial charge in [-0.05, 0) is 43.4 Å². The van der Waals surface area contributed by atoms with Crippen molar-refractivity contribution < 1.29 is 19.4 Å². The molecular weight excluding hydrogens is 362 g/mol. The summed E-state index contributed by atoms with van der Waals surface area (Å²) in [6.45, 7) is 1.80. The Balaban J connectivity index is 1.67. The van der Waals surface area contributed by atoms with Gasteiger partial charge in [0.15, 0.2) is 0 Å². The van der Waals surface area contributed by atoms with Crippen molar-refractivity contribution in [2.24, 2.45) is 5.92 Å². The molecule has 1 fully saturated rings. The van der Waals surface area contributed by atoms with Gasteiger partial charge in [0.05, 0.1) is 0 Å². The van der Waals surface area contributed by atoms with E-state index >= 15 is 0 Å². The van der Waals surface area contributed by atoms with E-state index in [1.54, 1.807) is 0 Å². The van der Waals surface area contributed by atoms with Gasteiger partial charge in [-0.15, -0.1) is 0 Å². The van der Waals surface area contributed by atoms with Crippen LogP contribution in [-0.2, 0) is 9.59 Å². The average molecular weight is 382 g/mol. The van der Waals surface area contributed by atoms with E-state index in [-0.39, 0.29) is 24.2 Å². The van der Waals surface area contributed by atoms with Gasteiger partial charge in [-0.1, -0.05) is 15.9 Å². The highest BCUT2D eigenvalue weighted by atomic mass is 79.9. The van der Waals surface area contributed by atoms with E-state index < -0.39 is 5.97 Å². The molecule has 0 aromatic heterocycles. The van der Waals surface area contributed by atoms with Gasteiger partial charge in [0.2, 0.25) is 5.91 Å². The number of carboxylic acids is 1. The lowest BCUT2D eigenvalue weighted by Gasteiger charge is -2.34. The first-order valence-corrected chi connectivity index (χ1v) is 8.76. The molecule has 1 amide bonds. The number of hydrogen-bond donors (Lipinski definition) is 1. The van der Waals surface area contributed by atoms with Crippen LogP contribution in [0.1, 0.15) is 37.2 Å². The Kier molecular flexibility index (Phi) is 4.90. The zero-order valence-electron chi connectivity index (χ0n) is 12.8. The minimum absolute atomic E-state index is 0.0990. The molecule has 2 heterocycles. The first kappa shape index (κ1) is 16.3. The molecule has 2 unspecified atom stereocenters. The monoisotopic (exact) mass is 381 g/mol. The minimum atomic E-state index is -0.767. The second-order valence-electron chi connectivity index (χ2n) is 6.27. The van der Waals surface area contributed by atoms with Crippen molar-refractivity contribution in [3.05, 3.63) is 28.2 Å². The number of fused-ring (bicyclic) bond motifs is 1. The van der Waals surface area contributed by atoms with Crippen LogP contribution >= 0.6 is 15.9 Å². The minimum Gasteiger partial charge on any atom is -0.492 e. The summed E-state index contributed by atoms with van der Waals surface area (Å²) >= 11 is 3.45. The molecule has 1 aromatic rings.